The largest absolute Gasteiger partial charge is 0.355 e. The Kier molecular flexibility index (Phi) is 11.4. The number of hydrogen-bond donors (Lipinski definition) is 4. The van der Waals surface area contributed by atoms with Gasteiger partial charge in [0.2, 0.25) is 0 Å². The maximum atomic E-state index is 12.9. The van der Waals surface area contributed by atoms with Gasteiger partial charge in [-0.15, -0.1) is 12.6 Å². The van der Waals surface area contributed by atoms with E-state index in [1.165, 1.54) is 20.8 Å². The van der Waals surface area contributed by atoms with Crippen LogP contribution >= 0.6 is 12.6 Å². The van der Waals surface area contributed by atoms with Gasteiger partial charge in [-0.05, 0) is 38.5 Å². The number of piperazine rings is 1. The maximum Gasteiger partial charge on any atom is 0.333 e. The summed E-state index contributed by atoms with van der Waals surface area (Å²) in [6.07, 6.45) is 0. The summed E-state index contributed by atoms with van der Waals surface area (Å²) >= 11 is 4.13. The standard InChI is InChI=1S/C19H23N5O2.C7H8S.H2O2/c1-14-9-15(2)11-16(10-14)13-24-18(25)12-17(22-7-4-21-5-8-22)23(6-3-20)19(24)26;1-6-2-4-7(8)5-3-6;1-2/h9-12,21H,4-8,13H2,1-2H3;2-5,8H,1H3;1-2H. The molecule has 0 unspecified atom stereocenters. The van der Waals surface area contributed by atoms with E-state index in [-0.39, 0.29) is 18.6 Å². The molecule has 3 N–H and O–H groups in total. The molecule has 1 aromatic heterocycles. The summed E-state index contributed by atoms with van der Waals surface area (Å²) < 4.78 is 2.60. The number of aryl methyl sites for hydroxylation is 3. The van der Waals surface area contributed by atoms with Crippen molar-refractivity contribution < 1.29 is 10.5 Å². The molecule has 0 aliphatic carbocycles. The predicted molar refractivity (Wildman–Crippen MR) is 144 cm³/mol. The van der Waals surface area contributed by atoms with Gasteiger partial charge in [0.05, 0.1) is 12.6 Å². The molecule has 0 amide bonds. The molecule has 9 nitrogen and oxygen atoms in total. The number of aromatic nitrogens is 2. The normalized spacial score (nSPS) is 12.5. The van der Waals surface area contributed by atoms with Crippen LogP contribution in [-0.2, 0) is 13.1 Å². The monoisotopic (exact) mass is 511 g/mol. The molecule has 0 atom stereocenters. The topological polar surface area (TPSA) is 124 Å². The molecule has 3 aromatic rings. The van der Waals surface area contributed by atoms with Crippen LogP contribution in [-0.4, -0.2) is 45.8 Å². The van der Waals surface area contributed by atoms with Crippen molar-refractivity contribution in [2.75, 3.05) is 31.1 Å². The van der Waals surface area contributed by atoms with Gasteiger partial charge in [0.25, 0.3) is 5.56 Å². The summed E-state index contributed by atoms with van der Waals surface area (Å²) in [4.78, 5) is 28.6. The molecule has 1 saturated heterocycles. The Bertz CT molecular complexity index is 1250. The number of rotatable bonds is 4. The molecule has 0 saturated carbocycles. The molecule has 0 bridgehead atoms. The second-order valence-electron chi connectivity index (χ2n) is 8.52. The minimum absolute atomic E-state index is 0.0782. The second kappa shape index (κ2) is 14.3. The average molecular weight is 512 g/mol. The quantitative estimate of drug-likeness (QED) is 0.241. The van der Waals surface area contributed by atoms with E-state index < -0.39 is 5.69 Å². The molecule has 2 aromatic carbocycles. The van der Waals surface area contributed by atoms with Crippen molar-refractivity contribution in [2.45, 2.75) is 38.8 Å². The molecule has 1 aliphatic rings. The van der Waals surface area contributed by atoms with Crippen LogP contribution in [0.2, 0.25) is 0 Å². The Balaban J connectivity index is 0.000000384. The third kappa shape index (κ3) is 8.10. The number of benzene rings is 2. The van der Waals surface area contributed by atoms with Crippen molar-refractivity contribution in [1.82, 2.24) is 14.5 Å². The first-order chi connectivity index (χ1) is 17.3. The number of nitriles is 1. The summed E-state index contributed by atoms with van der Waals surface area (Å²) in [5.74, 6) is 0.528. The summed E-state index contributed by atoms with van der Waals surface area (Å²) in [6.45, 7) is 9.13. The van der Waals surface area contributed by atoms with Crippen molar-refractivity contribution in [2.24, 2.45) is 0 Å². The van der Waals surface area contributed by atoms with Gasteiger partial charge in [0, 0.05) is 37.1 Å². The van der Waals surface area contributed by atoms with E-state index in [1.807, 2.05) is 67.3 Å². The van der Waals surface area contributed by atoms with Crippen LogP contribution in [0.1, 0.15) is 22.3 Å². The van der Waals surface area contributed by atoms with Crippen LogP contribution in [0.5, 0.6) is 0 Å². The van der Waals surface area contributed by atoms with E-state index in [0.29, 0.717) is 18.9 Å². The highest BCUT2D eigenvalue weighted by Crippen LogP contribution is 2.12. The summed E-state index contributed by atoms with van der Waals surface area (Å²) in [5.41, 5.74) is 3.58. The number of hydrogen-bond acceptors (Lipinski definition) is 8. The molecule has 10 heteroatoms. The molecule has 0 radical (unpaired) electrons. The zero-order chi connectivity index (χ0) is 26.7. The van der Waals surface area contributed by atoms with Crippen molar-refractivity contribution in [3.05, 3.63) is 91.6 Å². The fraction of sp³-hybridized carbons (Fsp3) is 0.346. The molecule has 0 spiro atoms. The number of nitrogens with one attached hydrogen (secondary N) is 1. The Labute approximate surface area is 216 Å². The predicted octanol–water partition coefficient (Wildman–Crippen LogP) is 2.91. The van der Waals surface area contributed by atoms with Crippen LogP contribution in [0.3, 0.4) is 0 Å². The lowest BCUT2D eigenvalue weighted by atomic mass is 10.1. The van der Waals surface area contributed by atoms with E-state index in [4.69, 9.17) is 15.8 Å². The smallest absolute Gasteiger partial charge is 0.333 e. The molecule has 1 fully saturated rings. The van der Waals surface area contributed by atoms with Gasteiger partial charge in [0.15, 0.2) is 0 Å². The summed E-state index contributed by atoms with van der Waals surface area (Å²) in [6, 6.07) is 17.6. The fourth-order valence-corrected chi connectivity index (χ4v) is 4.16. The Hall–Kier alpha value is -3.36. The fourth-order valence-electron chi connectivity index (χ4n) is 4.01. The molecule has 2 heterocycles. The first-order valence-corrected chi connectivity index (χ1v) is 11.9. The molecular weight excluding hydrogens is 478 g/mol. The second-order valence-corrected chi connectivity index (χ2v) is 9.04. The minimum Gasteiger partial charge on any atom is -0.355 e. The van der Waals surface area contributed by atoms with Gasteiger partial charge in [-0.3, -0.25) is 24.4 Å². The minimum atomic E-state index is -0.438. The van der Waals surface area contributed by atoms with Gasteiger partial charge >= 0.3 is 5.69 Å². The number of nitrogens with zero attached hydrogens (tertiary/aromatic N) is 4. The highest BCUT2D eigenvalue weighted by molar-refractivity contribution is 7.80. The van der Waals surface area contributed by atoms with Crippen molar-refractivity contribution in [3.63, 3.8) is 0 Å². The zero-order valence-electron chi connectivity index (χ0n) is 20.8. The lowest BCUT2D eigenvalue weighted by Gasteiger charge is -2.31. The van der Waals surface area contributed by atoms with Crippen LogP contribution in [0, 0.1) is 32.1 Å². The van der Waals surface area contributed by atoms with Crippen molar-refractivity contribution in [3.8, 4) is 6.07 Å². The Morgan fingerprint density at radius 1 is 0.917 bits per heavy atom. The molecule has 192 valence electrons. The van der Waals surface area contributed by atoms with Gasteiger partial charge in [-0.1, -0.05) is 47.0 Å². The number of anilines is 1. The zero-order valence-corrected chi connectivity index (χ0v) is 21.7. The van der Waals surface area contributed by atoms with Crippen LogP contribution < -0.4 is 21.5 Å². The van der Waals surface area contributed by atoms with Gasteiger partial charge < -0.3 is 10.2 Å². The molecule has 36 heavy (non-hydrogen) atoms. The van der Waals surface area contributed by atoms with Crippen molar-refractivity contribution in [1.29, 1.82) is 5.26 Å². The van der Waals surface area contributed by atoms with E-state index >= 15 is 0 Å². The highest BCUT2D eigenvalue weighted by Gasteiger charge is 2.18. The van der Waals surface area contributed by atoms with E-state index in [9.17, 15) is 9.59 Å². The molecule has 1 aliphatic heterocycles. The third-order valence-corrected chi connectivity index (χ3v) is 5.88. The first-order valence-electron chi connectivity index (χ1n) is 11.5. The number of thiol groups is 1. The summed E-state index contributed by atoms with van der Waals surface area (Å²) in [5, 5.41) is 24.4. The maximum absolute atomic E-state index is 12.9. The van der Waals surface area contributed by atoms with Gasteiger partial charge in [-0.25, -0.2) is 4.79 Å². The van der Waals surface area contributed by atoms with Crippen LogP contribution in [0.15, 0.2) is 63.0 Å². The lowest BCUT2D eigenvalue weighted by molar-refractivity contribution is -0.176. The SMILES string of the molecule is Cc1cc(C)cc(Cn2c(=O)cc(N3CCNCC3)n(CC#N)c2=O)c1.Cc1ccc(S)cc1.OO. The van der Waals surface area contributed by atoms with Gasteiger partial charge in [-0.2, -0.15) is 5.26 Å². The van der Waals surface area contributed by atoms with Crippen LogP contribution in [0.4, 0.5) is 5.82 Å². The summed E-state index contributed by atoms with van der Waals surface area (Å²) in [7, 11) is 0. The van der Waals surface area contributed by atoms with Crippen molar-refractivity contribution >= 4 is 18.4 Å². The average Bonchev–Trinajstić information content (AvgIpc) is 2.87. The molecular formula is C26H33N5O4S. The highest BCUT2D eigenvalue weighted by atomic mass is 32.1. The van der Waals surface area contributed by atoms with E-state index in [2.05, 4.69) is 24.9 Å². The van der Waals surface area contributed by atoms with E-state index in [0.717, 1.165) is 34.7 Å². The lowest BCUT2D eigenvalue weighted by Crippen LogP contribution is -2.48. The Morgan fingerprint density at radius 3 is 2.03 bits per heavy atom. The van der Waals surface area contributed by atoms with Crippen LogP contribution in [0.25, 0.3) is 0 Å². The first kappa shape index (κ1) is 28.9. The third-order valence-electron chi connectivity index (χ3n) is 5.58. The molecule has 4 rings (SSSR count). The van der Waals surface area contributed by atoms with Gasteiger partial charge in [0.1, 0.15) is 12.4 Å². The Morgan fingerprint density at radius 2 is 1.50 bits per heavy atom. The van der Waals surface area contributed by atoms with E-state index in [1.54, 1.807) is 0 Å².